The van der Waals surface area contributed by atoms with Crippen molar-refractivity contribution in [2.24, 2.45) is 5.73 Å². The molecule has 1 aliphatic rings. The van der Waals surface area contributed by atoms with Gasteiger partial charge in [0, 0.05) is 23.2 Å². The van der Waals surface area contributed by atoms with Crippen molar-refractivity contribution in [2.45, 2.75) is 18.2 Å². The van der Waals surface area contributed by atoms with Gasteiger partial charge in [-0.25, -0.2) is 9.07 Å². The number of anilines is 1. The molecule has 0 radical (unpaired) electrons. The first kappa shape index (κ1) is 24.9. The summed E-state index contributed by atoms with van der Waals surface area (Å²) in [5.41, 5.74) is 2.30. The van der Waals surface area contributed by atoms with E-state index < -0.39 is 34.6 Å². The lowest BCUT2D eigenvalue weighted by Crippen LogP contribution is -2.43. The molecule has 10 heteroatoms. The molecule has 186 valence electrons. The molecule has 1 unspecified atom stereocenters. The molecule has 3 N–H and O–H groups in total. The van der Waals surface area contributed by atoms with Crippen LogP contribution < -0.4 is 10.6 Å². The van der Waals surface area contributed by atoms with E-state index in [1.165, 1.54) is 64.5 Å². The summed E-state index contributed by atoms with van der Waals surface area (Å²) in [4.78, 5) is 12.6. The van der Waals surface area contributed by atoms with Gasteiger partial charge in [-0.15, -0.1) is 0 Å². The van der Waals surface area contributed by atoms with Gasteiger partial charge in [-0.2, -0.15) is 18.3 Å². The zero-order valence-corrected chi connectivity index (χ0v) is 18.9. The van der Waals surface area contributed by atoms with Crippen molar-refractivity contribution >= 4 is 28.2 Å². The summed E-state index contributed by atoms with van der Waals surface area (Å²) in [6, 6.07) is 8.93. The number of nitrogens with two attached hydrogens (primary N) is 1. The predicted molar refractivity (Wildman–Crippen MR) is 129 cm³/mol. The van der Waals surface area contributed by atoms with Crippen molar-refractivity contribution in [3.63, 3.8) is 0 Å². The second kappa shape index (κ2) is 9.46. The highest BCUT2D eigenvalue weighted by molar-refractivity contribution is 5.83. The van der Waals surface area contributed by atoms with Crippen LogP contribution in [0.15, 0.2) is 91.6 Å². The fourth-order valence-electron chi connectivity index (χ4n) is 4.07. The van der Waals surface area contributed by atoms with Gasteiger partial charge in [0.2, 0.25) is 11.5 Å². The number of halogens is 4. The number of allylic oxidation sites excluding steroid dienone is 6. The van der Waals surface area contributed by atoms with Crippen molar-refractivity contribution in [2.75, 3.05) is 11.4 Å². The van der Waals surface area contributed by atoms with Crippen LogP contribution in [0.25, 0.3) is 16.6 Å². The van der Waals surface area contributed by atoms with Crippen LogP contribution in [0.5, 0.6) is 0 Å². The van der Waals surface area contributed by atoms with Crippen molar-refractivity contribution < 1.29 is 27.5 Å². The zero-order valence-electron chi connectivity index (χ0n) is 18.9. The Morgan fingerprint density at radius 2 is 1.94 bits per heavy atom. The number of fused-ring (bicyclic) bond motifs is 1. The molecule has 0 spiro atoms. The van der Waals surface area contributed by atoms with Crippen LogP contribution in [0.3, 0.4) is 0 Å². The molecule has 2 aromatic carbocycles. The number of alkyl halides is 3. The summed E-state index contributed by atoms with van der Waals surface area (Å²) < 4.78 is 58.4. The molecule has 3 aromatic rings. The second-order valence-corrected chi connectivity index (χ2v) is 8.18. The number of primary amides is 1. The minimum absolute atomic E-state index is 0.200. The van der Waals surface area contributed by atoms with Gasteiger partial charge in [-0.1, -0.05) is 30.9 Å². The molecule has 0 fully saturated rings. The number of carbonyl (C=O) groups excluding carboxylic acids is 1. The number of hydrogen-bond donors (Lipinski definition) is 2. The lowest BCUT2D eigenvalue weighted by molar-refractivity contribution is -0.248. The summed E-state index contributed by atoms with van der Waals surface area (Å²) in [6.45, 7) is 3.27. The van der Waals surface area contributed by atoms with Crippen LogP contribution in [-0.4, -0.2) is 33.5 Å². The fourth-order valence-corrected chi connectivity index (χ4v) is 4.07. The summed E-state index contributed by atoms with van der Waals surface area (Å²) in [5, 5.41) is 15.8. The van der Waals surface area contributed by atoms with E-state index in [-0.39, 0.29) is 12.2 Å². The van der Waals surface area contributed by atoms with Crippen molar-refractivity contribution in [1.82, 2.24) is 9.78 Å². The number of carbonyl (C=O) groups is 1. The Labute approximate surface area is 203 Å². The highest BCUT2D eigenvalue weighted by atomic mass is 19.4. The standard InChI is InChI=1S/C26H22F4N4O2/c1-2-33(16-24(31)35)22-8-3-5-18(14-22)25(36,26(28,29)30)19-9-12-23-17(13-19)15-32-34(23)21-7-4-6-20(27)10-11-21/h2-6,8-15,36H,1,7,16H2,(H2,31,35). The molecule has 1 heterocycles. The topological polar surface area (TPSA) is 84.4 Å². The summed E-state index contributed by atoms with van der Waals surface area (Å²) in [6.07, 6.45) is 3.69. The molecule has 1 amide bonds. The van der Waals surface area contributed by atoms with Crippen molar-refractivity contribution in [3.05, 3.63) is 103 Å². The summed E-state index contributed by atoms with van der Waals surface area (Å²) in [7, 11) is 0. The first-order chi connectivity index (χ1) is 17.0. The van der Waals surface area contributed by atoms with Crippen molar-refractivity contribution in [1.29, 1.82) is 0 Å². The van der Waals surface area contributed by atoms with Crippen LogP contribution in [0.1, 0.15) is 17.5 Å². The number of hydrogen-bond acceptors (Lipinski definition) is 4. The first-order valence-corrected chi connectivity index (χ1v) is 10.8. The number of rotatable bonds is 7. The largest absolute Gasteiger partial charge is 0.425 e. The molecular weight excluding hydrogens is 476 g/mol. The molecule has 1 atom stereocenters. The van der Waals surface area contributed by atoms with E-state index in [2.05, 4.69) is 11.7 Å². The monoisotopic (exact) mass is 498 g/mol. The summed E-state index contributed by atoms with van der Waals surface area (Å²) in [5.74, 6) is -1.13. The van der Waals surface area contributed by atoms with E-state index >= 15 is 0 Å². The van der Waals surface area contributed by atoms with Gasteiger partial charge < -0.3 is 15.7 Å². The Balaban J connectivity index is 1.81. The minimum Gasteiger partial charge on any atom is -0.372 e. The third kappa shape index (κ3) is 4.55. The van der Waals surface area contributed by atoms with E-state index in [1.807, 2.05) is 0 Å². The van der Waals surface area contributed by atoms with Gasteiger partial charge in [0.15, 0.2) is 0 Å². The Morgan fingerprint density at radius 1 is 1.19 bits per heavy atom. The number of amides is 1. The van der Waals surface area contributed by atoms with Crippen LogP contribution in [0, 0.1) is 0 Å². The maximum absolute atomic E-state index is 14.4. The normalized spacial score (nSPS) is 15.6. The molecule has 6 nitrogen and oxygen atoms in total. The Morgan fingerprint density at radius 3 is 2.64 bits per heavy atom. The highest BCUT2D eigenvalue weighted by Crippen LogP contribution is 2.45. The van der Waals surface area contributed by atoms with Gasteiger partial charge in [-0.05, 0) is 59.8 Å². The van der Waals surface area contributed by atoms with Crippen LogP contribution >= 0.6 is 0 Å². The van der Waals surface area contributed by atoms with Gasteiger partial charge in [0.05, 0.1) is 11.7 Å². The molecular formula is C26H22F4N4O2. The van der Waals surface area contributed by atoms with Crippen molar-refractivity contribution in [3.8, 4) is 0 Å². The lowest BCUT2D eigenvalue weighted by Gasteiger charge is -2.32. The molecule has 0 aliphatic heterocycles. The van der Waals surface area contributed by atoms with Gasteiger partial charge in [0.1, 0.15) is 12.4 Å². The van der Waals surface area contributed by atoms with Gasteiger partial charge >= 0.3 is 6.18 Å². The Hall–Kier alpha value is -4.18. The quantitative estimate of drug-likeness (QED) is 0.453. The molecule has 1 aromatic heterocycles. The van der Waals surface area contributed by atoms with Crippen LogP contribution in [0.2, 0.25) is 0 Å². The maximum atomic E-state index is 14.4. The third-order valence-corrected chi connectivity index (χ3v) is 5.85. The SMILES string of the molecule is C=CN(CC(N)=O)c1cccc(C(O)(c2ccc3c(cnn3C3=CC=C(F)C=CC3)c2)C(F)(F)F)c1. The van der Waals surface area contributed by atoms with E-state index in [0.717, 1.165) is 12.1 Å². The fraction of sp³-hybridized carbons (Fsp3) is 0.154. The molecule has 0 saturated heterocycles. The van der Waals surface area contributed by atoms with Crippen LogP contribution in [-0.2, 0) is 10.4 Å². The summed E-state index contributed by atoms with van der Waals surface area (Å²) >= 11 is 0. The van der Waals surface area contributed by atoms with Gasteiger partial charge in [-0.3, -0.25) is 4.79 Å². The number of aliphatic hydroxyl groups is 1. The second-order valence-electron chi connectivity index (χ2n) is 8.18. The van der Waals surface area contributed by atoms with E-state index in [1.54, 1.807) is 12.2 Å². The highest BCUT2D eigenvalue weighted by Gasteiger charge is 2.56. The van der Waals surface area contributed by atoms with E-state index in [4.69, 9.17) is 5.73 Å². The average molecular weight is 498 g/mol. The molecule has 0 saturated carbocycles. The Bertz CT molecular complexity index is 1420. The molecule has 1 aliphatic carbocycles. The molecule has 36 heavy (non-hydrogen) atoms. The smallest absolute Gasteiger partial charge is 0.372 e. The van der Waals surface area contributed by atoms with E-state index in [0.29, 0.717) is 23.0 Å². The van der Waals surface area contributed by atoms with Gasteiger partial charge in [0.25, 0.3) is 0 Å². The number of aromatic nitrogens is 2. The van der Waals surface area contributed by atoms with Crippen LogP contribution in [0.4, 0.5) is 23.2 Å². The third-order valence-electron chi connectivity index (χ3n) is 5.85. The lowest BCUT2D eigenvalue weighted by atomic mass is 9.85. The first-order valence-electron chi connectivity index (χ1n) is 10.8. The Kier molecular flexibility index (Phi) is 6.55. The maximum Gasteiger partial charge on any atom is 0.425 e. The average Bonchev–Trinajstić information content (AvgIpc) is 3.14. The number of nitrogens with zero attached hydrogens (tertiary/aromatic N) is 3. The van der Waals surface area contributed by atoms with E-state index in [9.17, 15) is 27.5 Å². The minimum atomic E-state index is -5.09. The molecule has 4 rings (SSSR count). The number of benzene rings is 2. The zero-order chi connectivity index (χ0) is 26.1. The molecule has 0 bridgehead atoms. The predicted octanol–water partition coefficient (Wildman–Crippen LogP) is 4.92.